The number of benzene rings is 1. The summed E-state index contributed by atoms with van der Waals surface area (Å²) in [6, 6.07) is 8.56. The fourth-order valence-electron chi connectivity index (χ4n) is 2.87. The molecule has 0 spiro atoms. The summed E-state index contributed by atoms with van der Waals surface area (Å²) < 4.78 is 0. The number of carbonyl (C=O) groups is 2. The second-order valence-electron chi connectivity index (χ2n) is 5.78. The van der Waals surface area contributed by atoms with Gasteiger partial charge in [0.2, 0.25) is 5.91 Å². The average molecular weight is 299 g/mol. The van der Waals surface area contributed by atoms with Crippen molar-refractivity contribution >= 4 is 12.0 Å². The van der Waals surface area contributed by atoms with Crippen molar-refractivity contribution in [1.82, 2.24) is 9.80 Å². The fourth-order valence-corrected chi connectivity index (χ4v) is 2.87. The van der Waals surface area contributed by atoms with Crippen LogP contribution in [0.2, 0.25) is 0 Å². The van der Waals surface area contributed by atoms with Crippen LogP contribution < -0.4 is 0 Å². The second-order valence-corrected chi connectivity index (χ2v) is 5.78. The van der Waals surface area contributed by atoms with E-state index in [0.29, 0.717) is 25.2 Å². The summed E-state index contributed by atoms with van der Waals surface area (Å²) >= 11 is 0. The van der Waals surface area contributed by atoms with Crippen molar-refractivity contribution in [3.05, 3.63) is 35.4 Å². The van der Waals surface area contributed by atoms with Crippen molar-refractivity contribution in [1.29, 1.82) is 5.26 Å². The van der Waals surface area contributed by atoms with E-state index in [1.54, 1.807) is 29.2 Å². The van der Waals surface area contributed by atoms with E-state index in [1.807, 2.05) is 6.07 Å². The first-order valence-electron chi connectivity index (χ1n) is 7.38. The topological polar surface area (TPSA) is 84.6 Å². The van der Waals surface area contributed by atoms with Crippen molar-refractivity contribution in [3.8, 4) is 6.07 Å². The average Bonchev–Trinajstić information content (AvgIpc) is 3.38. The van der Waals surface area contributed by atoms with E-state index in [-0.39, 0.29) is 17.9 Å². The molecule has 2 amide bonds. The van der Waals surface area contributed by atoms with Gasteiger partial charge in [-0.15, -0.1) is 0 Å². The first kappa shape index (κ1) is 14.4. The van der Waals surface area contributed by atoms with Crippen LogP contribution in [0.4, 0.5) is 4.79 Å². The summed E-state index contributed by atoms with van der Waals surface area (Å²) in [5.74, 6) is 0.279. The van der Waals surface area contributed by atoms with Gasteiger partial charge in [-0.25, -0.2) is 4.79 Å². The van der Waals surface area contributed by atoms with Gasteiger partial charge in [0, 0.05) is 25.6 Å². The number of carboxylic acid groups (broad SMARTS) is 1. The van der Waals surface area contributed by atoms with Gasteiger partial charge in [-0.05, 0) is 30.5 Å². The molecule has 1 aliphatic carbocycles. The van der Waals surface area contributed by atoms with Crippen LogP contribution in [0.15, 0.2) is 24.3 Å². The van der Waals surface area contributed by atoms with Gasteiger partial charge < -0.3 is 10.0 Å². The summed E-state index contributed by atoms with van der Waals surface area (Å²) in [4.78, 5) is 26.8. The van der Waals surface area contributed by atoms with Crippen LogP contribution in [0.3, 0.4) is 0 Å². The SMILES string of the molecule is N#Cc1ccc([C@H]2CN(C(=O)C3CC3)CCN2C(=O)O)cc1. The van der Waals surface area contributed by atoms with Crippen molar-refractivity contribution in [2.45, 2.75) is 18.9 Å². The first-order chi connectivity index (χ1) is 10.6. The number of amides is 2. The van der Waals surface area contributed by atoms with E-state index in [1.165, 1.54) is 4.90 Å². The number of hydrogen-bond donors (Lipinski definition) is 1. The zero-order chi connectivity index (χ0) is 15.7. The highest BCUT2D eigenvalue weighted by molar-refractivity contribution is 5.81. The number of carbonyl (C=O) groups excluding carboxylic acids is 1. The van der Waals surface area contributed by atoms with E-state index >= 15 is 0 Å². The van der Waals surface area contributed by atoms with Crippen molar-refractivity contribution in [2.24, 2.45) is 5.92 Å². The van der Waals surface area contributed by atoms with Crippen LogP contribution in [0.5, 0.6) is 0 Å². The lowest BCUT2D eigenvalue weighted by Gasteiger charge is -2.40. The lowest BCUT2D eigenvalue weighted by molar-refractivity contribution is -0.135. The molecular weight excluding hydrogens is 282 g/mol. The third-order valence-electron chi connectivity index (χ3n) is 4.29. The van der Waals surface area contributed by atoms with Crippen molar-refractivity contribution < 1.29 is 14.7 Å². The minimum atomic E-state index is -0.979. The van der Waals surface area contributed by atoms with Crippen LogP contribution in [0, 0.1) is 17.2 Å². The predicted octanol–water partition coefficient (Wildman–Crippen LogP) is 1.83. The van der Waals surface area contributed by atoms with Gasteiger partial charge in [-0.2, -0.15) is 5.26 Å². The van der Waals surface area contributed by atoms with Crippen LogP contribution in [-0.2, 0) is 4.79 Å². The quantitative estimate of drug-likeness (QED) is 0.903. The highest BCUT2D eigenvalue weighted by Crippen LogP contribution is 2.33. The Morgan fingerprint density at radius 1 is 1.18 bits per heavy atom. The van der Waals surface area contributed by atoms with Crippen LogP contribution in [0.1, 0.15) is 30.0 Å². The molecule has 6 nitrogen and oxygen atoms in total. The molecule has 1 saturated heterocycles. The minimum absolute atomic E-state index is 0.137. The summed E-state index contributed by atoms with van der Waals surface area (Å²) in [6.07, 6.45) is 0.909. The molecule has 1 aromatic carbocycles. The maximum Gasteiger partial charge on any atom is 0.407 e. The molecule has 2 aliphatic rings. The summed E-state index contributed by atoms with van der Waals surface area (Å²) in [5, 5.41) is 18.2. The number of piperazine rings is 1. The van der Waals surface area contributed by atoms with Gasteiger partial charge in [0.1, 0.15) is 0 Å². The molecule has 6 heteroatoms. The van der Waals surface area contributed by atoms with Crippen LogP contribution in [-0.4, -0.2) is 46.5 Å². The van der Waals surface area contributed by atoms with Gasteiger partial charge in [0.25, 0.3) is 0 Å². The van der Waals surface area contributed by atoms with E-state index in [0.717, 1.165) is 18.4 Å². The fraction of sp³-hybridized carbons (Fsp3) is 0.438. The van der Waals surface area contributed by atoms with Crippen molar-refractivity contribution in [3.63, 3.8) is 0 Å². The third kappa shape index (κ3) is 2.75. The Balaban J connectivity index is 1.83. The molecule has 22 heavy (non-hydrogen) atoms. The zero-order valence-corrected chi connectivity index (χ0v) is 12.1. The molecular formula is C16H17N3O3. The molecule has 1 atom stereocenters. The molecule has 0 radical (unpaired) electrons. The molecule has 1 heterocycles. The predicted molar refractivity (Wildman–Crippen MR) is 77.9 cm³/mol. The largest absolute Gasteiger partial charge is 0.465 e. The molecule has 1 aliphatic heterocycles. The Kier molecular flexibility index (Phi) is 3.72. The van der Waals surface area contributed by atoms with Gasteiger partial charge in [-0.3, -0.25) is 9.69 Å². The van der Waals surface area contributed by atoms with E-state index in [2.05, 4.69) is 0 Å². The smallest absolute Gasteiger partial charge is 0.407 e. The van der Waals surface area contributed by atoms with Gasteiger partial charge in [-0.1, -0.05) is 12.1 Å². The number of hydrogen-bond acceptors (Lipinski definition) is 3. The molecule has 1 aromatic rings. The van der Waals surface area contributed by atoms with Crippen LogP contribution in [0.25, 0.3) is 0 Å². The molecule has 114 valence electrons. The summed E-state index contributed by atoms with van der Waals surface area (Å²) in [7, 11) is 0. The molecule has 1 N–H and O–H groups in total. The van der Waals surface area contributed by atoms with Crippen LogP contribution >= 0.6 is 0 Å². The molecule has 0 aromatic heterocycles. The number of rotatable bonds is 2. The summed E-state index contributed by atoms with van der Waals surface area (Å²) in [5.41, 5.74) is 1.35. The minimum Gasteiger partial charge on any atom is -0.465 e. The maximum absolute atomic E-state index is 12.2. The first-order valence-corrected chi connectivity index (χ1v) is 7.38. The molecule has 2 fully saturated rings. The third-order valence-corrected chi connectivity index (χ3v) is 4.29. The number of nitrogens with zero attached hydrogens (tertiary/aromatic N) is 3. The number of nitriles is 1. The van der Waals surface area contributed by atoms with Gasteiger partial charge >= 0.3 is 6.09 Å². The highest BCUT2D eigenvalue weighted by atomic mass is 16.4. The Labute approximate surface area is 128 Å². The Morgan fingerprint density at radius 3 is 2.41 bits per heavy atom. The monoisotopic (exact) mass is 299 g/mol. The lowest BCUT2D eigenvalue weighted by atomic mass is 10.0. The molecule has 0 bridgehead atoms. The Bertz CT molecular complexity index is 631. The molecule has 3 rings (SSSR count). The summed E-state index contributed by atoms with van der Waals surface area (Å²) in [6.45, 7) is 1.15. The second kappa shape index (κ2) is 5.68. The van der Waals surface area contributed by atoms with Gasteiger partial charge in [0.15, 0.2) is 0 Å². The van der Waals surface area contributed by atoms with E-state index in [9.17, 15) is 14.7 Å². The maximum atomic E-state index is 12.2. The Hall–Kier alpha value is -2.55. The van der Waals surface area contributed by atoms with E-state index in [4.69, 9.17) is 5.26 Å². The lowest BCUT2D eigenvalue weighted by Crippen LogP contribution is -2.52. The molecule has 0 unspecified atom stereocenters. The zero-order valence-electron chi connectivity index (χ0n) is 12.1. The normalized spacial score (nSPS) is 21.3. The Morgan fingerprint density at radius 2 is 1.86 bits per heavy atom. The van der Waals surface area contributed by atoms with Crippen molar-refractivity contribution in [2.75, 3.05) is 19.6 Å². The van der Waals surface area contributed by atoms with E-state index < -0.39 is 6.09 Å². The standard InChI is InChI=1S/C16H17N3O3/c17-9-11-1-3-12(4-2-11)14-10-18(15(20)13-5-6-13)7-8-19(14)16(21)22/h1-4,13-14H,5-8,10H2,(H,21,22)/t14-/m1/s1. The highest BCUT2D eigenvalue weighted by Gasteiger charge is 2.38. The molecule has 1 saturated carbocycles. The van der Waals surface area contributed by atoms with Gasteiger partial charge in [0.05, 0.1) is 17.7 Å².